The summed E-state index contributed by atoms with van der Waals surface area (Å²) in [5, 5.41) is 15.5. The summed E-state index contributed by atoms with van der Waals surface area (Å²) in [5.41, 5.74) is 0.274. The highest BCUT2D eigenvalue weighted by molar-refractivity contribution is 5.98. The largest absolute Gasteiger partial charge is 0.393 e. The van der Waals surface area contributed by atoms with Gasteiger partial charge in [-0.1, -0.05) is 0 Å². The second-order valence-electron chi connectivity index (χ2n) is 8.02. The number of aliphatic imine (C=N–C) groups is 1. The van der Waals surface area contributed by atoms with E-state index in [1.165, 1.54) is 6.20 Å². The molecule has 0 radical (unpaired) electrons. The summed E-state index contributed by atoms with van der Waals surface area (Å²) in [4.78, 5) is 25.6. The van der Waals surface area contributed by atoms with Gasteiger partial charge in [-0.2, -0.15) is 13.8 Å². The topological polar surface area (TPSA) is 109 Å². The molecule has 1 atom stereocenters. The number of halogens is 2. The highest BCUT2D eigenvalue weighted by Crippen LogP contribution is 2.25. The third-order valence-corrected chi connectivity index (χ3v) is 5.45. The number of carbonyl (C=O) groups excluding carboxylic acids is 1. The van der Waals surface area contributed by atoms with Gasteiger partial charge in [0, 0.05) is 24.5 Å². The third-order valence-electron chi connectivity index (χ3n) is 5.45. The summed E-state index contributed by atoms with van der Waals surface area (Å²) in [6, 6.07) is -0.288. The van der Waals surface area contributed by atoms with E-state index in [0.29, 0.717) is 0 Å². The number of anilines is 1. The maximum atomic E-state index is 12.7. The van der Waals surface area contributed by atoms with Crippen LogP contribution in [0.1, 0.15) is 62.2 Å². The van der Waals surface area contributed by atoms with E-state index < -0.39 is 12.7 Å². The standard InChI is InChI=1S/C20H29F2N5O3/c1-12(11-30-19(21)22)25-20-24-10-16(18(29)26-14-3-2-4-14)17(27-20)23-9-13-5-7-15(28)8-6-13/h9-10,12-15,19,28H,2-8,11H2,1H3,(H,26,29)(H,24,25,27)/t12-,13?,15?/m0/s1. The molecular weight excluding hydrogens is 396 g/mol. The van der Waals surface area contributed by atoms with Crippen LogP contribution in [0.2, 0.25) is 0 Å². The van der Waals surface area contributed by atoms with Crippen molar-refractivity contribution < 1.29 is 23.4 Å². The lowest BCUT2D eigenvalue weighted by atomic mass is 9.88. The van der Waals surface area contributed by atoms with Crippen LogP contribution in [-0.2, 0) is 4.74 Å². The van der Waals surface area contributed by atoms with Crippen LogP contribution in [0.5, 0.6) is 0 Å². The summed E-state index contributed by atoms with van der Waals surface area (Å²) < 4.78 is 28.7. The maximum Gasteiger partial charge on any atom is 0.345 e. The van der Waals surface area contributed by atoms with Crippen molar-refractivity contribution in [2.75, 3.05) is 11.9 Å². The van der Waals surface area contributed by atoms with Crippen LogP contribution >= 0.6 is 0 Å². The van der Waals surface area contributed by atoms with Crippen LogP contribution < -0.4 is 10.6 Å². The second-order valence-corrected chi connectivity index (χ2v) is 8.02. The maximum absolute atomic E-state index is 12.7. The van der Waals surface area contributed by atoms with E-state index in [1.807, 2.05) is 0 Å². The van der Waals surface area contributed by atoms with Gasteiger partial charge in [0.2, 0.25) is 5.95 Å². The molecular formula is C20H29F2N5O3. The molecule has 166 valence electrons. The van der Waals surface area contributed by atoms with E-state index in [-0.39, 0.29) is 47.9 Å². The Labute approximate surface area is 174 Å². The number of aliphatic hydroxyl groups is 1. The van der Waals surface area contributed by atoms with Gasteiger partial charge in [-0.3, -0.25) is 4.79 Å². The third kappa shape index (κ3) is 6.66. The average Bonchev–Trinajstić information content (AvgIpc) is 2.68. The van der Waals surface area contributed by atoms with Crippen molar-refractivity contribution in [3.05, 3.63) is 11.8 Å². The number of carbonyl (C=O) groups is 1. The Balaban J connectivity index is 1.72. The molecule has 2 aliphatic rings. The molecule has 0 aliphatic heterocycles. The molecule has 1 amide bonds. The zero-order valence-electron chi connectivity index (χ0n) is 17.1. The molecule has 0 bridgehead atoms. The minimum absolute atomic E-state index is 0.165. The minimum atomic E-state index is -2.85. The number of nitrogens with one attached hydrogen (secondary N) is 2. The molecule has 30 heavy (non-hydrogen) atoms. The first-order valence-corrected chi connectivity index (χ1v) is 10.5. The number of hydrogen-bond donors (Lipinski definition) is 3. The smallest absolute Gasteiger partial charge is 0.345 e. The van der Waals surface area contributed by atoms with Crippen LogP contribution in [0.15, 0.2) is 11.2 Å². The molecule has 10 heteroatoms. The molecule has 0 saturated heterocycles. The molecule has 2 fully saturated rings. The van der Waals surface area contributed by atoms with Gasteiger partial charge in [0.1, 0.15) is 5.56 Å². The Morgan fingerprint density at radius 2 is 2.07 bits per heavy atom. The highest BCUT2D eigenvalue weighted by Gasteiger charge is 2.23. The predicted molar refractivity (Wildman–Crippen MR) is 108 cm³/mol. The second kappa shape index (κ2) is 10.7. The SMILES string of the molecule is C[C@@H](COC(F)F)Nc1ncc(C(=O)NC2CCC2)c(N=CC2CCC(O)CC2)n1. The fourth-order valence-electron chi connectivity index (χ4n) is 3.42. The van der Waals surface area contributed by atoms with Crippen LogP contribution in [0.4, 0.5) is 20.5 Å². The fourth-order valence-corrected chi connectivity index (χ4v) is 3.42. The van der Waals surface area contributed by atoms with Crippen LogP contribution in [0.3, 0.4) is 0 Å². The zero-order valence-corrected chi connectivity index (χ0v) is 17.1. The first kappa shape index (κ1) is 22.5. The lowest BCUT2D eigenvalue weighted by Gasteiger charge is -2.26. The predicted octanol–water partition coefficient (Wildman–Crippen LogP) is 3.05. The Bertz CT molecular complexity index is 737. The summed E-state index contributed by atoms with van der Waals surface area (Å²) >= 11 is 0. The Hall–Kier alpha value is -2.20. The first-order chi connectivity index (χ1) is 14.4. The van der Waals surface area contributed by atoms with Gasteiger partial charge in [0.05, 0.1) is 12.7 Å². The van der Waals surface area contributed by atoms with Crippen molar-refractivity contribution >= 4 is 23.9 Å². The van der Waals surface area contributed by atoms with E-state index in [2.05, 4.69) is 30.3 Å². The molecule has 2 saturated carbocycles. The van der Waals surface area contributed by atoms with Gasteiger partial charge in [-0.05, 0) is 57.8 Å². The van der Waals surface area contributed by atoms with Gasteiger partial charge in [0.25, 0.3) is 5.91 Å². The quantitative estimate of drug-likeness (QED) is 0.525. The van der Waals surface area contributed by atoms with Crippen molar-refractivity contribution in [3.8, 4) is 0 Å². The number of nitrogens with zero attached hydrogens (tertiary/aromatic N) is 3. The molecule has 2 aliphatic carbocycles. The normalized spacial score (nSPS) is 23.4. The van der Waals surface area contributed by atoms with Gasteiger partial charge in [0.15, 0.2) is 5.82 Å². The van der Waals surface area contributed by atoms with E-state index >= 15 is 0 Å². The fraction of sp³-hybridized carbons (Fsp3) is 0.700. The molecule has 0 aromatic carbocycles. The van der Waals surface area contributed by atoms with Crippen LogP contribution in [0, 0.1) is 5.92 Å². The molecule has 0 spiro atoms. The number of alkyl halides is 2. The van der Waals surface area contributed by atoms with Gasteiger partial charge < -0.3 is 20.5 Å². The van der Waals surface area contributed by atoms with E-state index in [9.17, 15) is 18.7 Å². The number of aromatic nitrogens is 2. The molecule has 0 unspecified atom stereocenters. The number of amides is 1. The molecule has 8 nitrogen and oxygen atoms in total. The van der Waals surface area contributed by atoms with Crippen molar-refractivity contribution in [1.29, 1.82) is 0 Å². The van der Waals surface area contributed by atoms with E-state index in [1.54, 1.807) is 13.1 Å². The van der Waals surface area contributed by atoms with Gasteiger partial charge in [-0.15, -0.1) is 0 Å². The highest BCUT2D eigenvalue weighted by atomic mass is 19.3. The molecule has 1 aromatic rings. The van der Waals surface area contributed by atoms with Crippen molar-refractivity contribution in [1.82, 2.24) is 15.3 Å². The minimum Gasteiger partial charge on any atom is -0.393 e. The summed E-state index contributed by atoms with van der Waals surface area (Å²) in [6.45, 7) is -1.39. The lowest BCUT2D eigenvalue weighted by molar-refractivity contribution is -0.130. The number of ether oxygens (including phenoxy) is 1. The average molecular weight is 425 g/mol. The van der Waals surface area contributed by atoms with E-state index in [0.717, 1.165) is 44.9 Å². The zero-order chi connectivity index (χ0) is 21.5. The first-order valence-electron chi connectivity index (χ1n) is 10.5. The number of aliphatic hydroxyl groups excluding tert-OH is 1. The van der Waals surface area contributed by atoms with Crippen molar-refractivity contribution in [2.24, 2.45) is 10.9 Å². The molecule has 1 aromatic heterocycles. The van der Waals surface area contributed by atoms with Crippen LogP contribution in [-0.4, -0.2) is 58.6 Å². The Kier molecular flexibility index (Phi) is 8.03. The number of rotatable bonds is 9. The van der Waals surface area contributed by atoms with Crippen LogP contribution in [0.25, 0.3) is 0 Å². The monoisotopic (exact) mass is 425 g/mol. The van der Waals surface area contributed by atoms with Crippen molar-refractivity contribution in [2.45, 2.75) is 76.7 Å². The number of hydrogen-bond acceptors (Lipinski definition) is 7. The summed E-state index contributed by atoms with van der Waals surface area (Å²) in [7, 11) is 0. The van der Waals surface area contributed by atoms with Crippen molar-refractivity contribution in [3.63, 3.8) is 0 Å². The summed E-state index contributed by atoms with van der Waals surface area (Å²) in [6.07, 6.45) is 9.04. The summed E-state index contributed by atoms with van der Waals surface area (Å²) in [5.74, 6) is 0.358. The van der Waals surface area contributed by atoms with Gasteiger partial charge in [-0.25, -0.2) is 9.98 Å². The molecule has 3 rings (SSSR count). The Morgan fingerprint density at radius 1 is 1.33 bits per heavy atom. The van der Waals surface area contributed by atoms with E-state index in [4.69, 9.17) is 0 Å². The Morgan fingerprint density at radius 3 is 2.70 bits per heavy atom. The van der Waals surface area contributed by atoms with Gasteiger partial charge >= 0.3 is 6.61 Å². The molecule has 1 heterocycles. The lowest BCUT2D eigenvalue weighted by Crippen LogP contribution is -2.39. The molecule has 3 N–H and O–H groups in total.